The van der Waals surface area contributed by atoms with Crippen molar-refractivity contribution in [3.05, 3.63) is 30.3 Å². The van der Waals surface area contributed by atoms with E-state index >= 15 is 0 Å². The second-order valence-corrected chi connectivity index (χ2v) is 5.81. The maximum Gasteiger partial charge on any atom is 0.304 e. The lowest BCUT2D eigenvalue weighted by Gasteiger charge is -2.29. The van der Waals surface area contributed by atoms with Crippen molar-refractivity contribution in [3.8, 4) is 0 Å². The largest absolute Gasteiger partial charge is 0.439 e. The summed E-state index contributed by atoms with van der Waals surface area (Å²) in [5.41, 5.74) is 0. The summed E-state index contributed by atoms with van der Waals surface area (Å²) >= 11 is 0. The molecule has 1 aliphatic carbocycles. The minimum absolute atomic E-state index is 0.408. The van der Waals surface area contributed by atoms with E-state index in [0.717, 1.165) is 31.2 Å². The summed E-state index contributed by atoms with van der Waals surface area (Å²) in [4.78, 5) is 44.1. The third-order valence-electron chi connectivity index (χ3n) is 4.01. The standard InChI is InChI=1S/C12H22N6O8/c1-11(19)26-10-14(17(22)23)8-7-13(16(20)21)9-15(18(24)25)12-5-3-2-4-6-12/h12H,2-10H2,1H3. The third kappa shape index (κ3) is 6.90. The molecule has 0 aromatic carbocycles. The Balaban J connectivity index is 2.70. The Morgan fingerprint density at radius 2 is 1.50 bits per heavy atom. The molecule has 0 heterocycles. The number of hydrazine groups is 3. The van der Waals surface area contributed by atoms with Crippen LogP contribution >= 0.6 is 0 Å². The predicted octanol–water partition coefficient (Wildman–Crippen LogP) is 0.278. The van der Waals surface area contributed by atoms with E-state index in [1.807, 2.05) is 0 Å². The average Bonchev–Trinajstić information content (AvgIpc) is 2.56. The van der Waals surface area contributed by atoms with Crippen LogP contribution in [0.3, 0.4) is 0 Å². The SMILES string of the molecule is CC(=O)OCN(CCN(CN(C1CCCCC1)[N+](=O)[O-])[N+](=O)[O-])[N+](=O)[O-]. The molecule has 1 fully saturated rings. The van der Waals surface area contributed by atoms with Gasteiger partial charge in [0.2, 0.25) is 13.4 Å². The van der Waals surface area contributed by atoms with Gasteiger partial charge in [0, 0.05) is 6.92 Å². The number of rotatable bonds is 11. The normalized spacial score (nSPS) is 14.3. The van der Waals surface area contributed by atoms with Crippen LogP contribution in [0.25, 0.3) is 0 Å². The van der Waals surface area contributed by atoms with E-state index < -0.39 is 53.6 Å². The number of hydrogen-bond acceptors (Lipinski definition) is 8. The molecule has 0 unspecified atom stereocenters. The summed E-state index contributed by atoms with van der Waals surface area (Å²) in [6, 6.07) is -0.408. The summed E-state index contributed by atoms with van der Waals surface area (Å²) < 4.78 is 4.51. The first kappa shape index (κ1) is 21.1. The van der Waals surface area contributed by atoms with Gasteiger partial charge in [-0.15, -0.1) is 10.0 Å². The van der Waals surface area contributed by atoms with Gasteiger partial charge in [0.1, 0.15) is 13.1 Å². The Hall–Kier alpha value is -2.93. The fourth-order valence-electron chi connectivity index (χ4n) is 2.64. The molecule has 0 aromatic rings. The van der Waals surface area contributed by atoms with Gasteiger partial charge in [-0.05, 0) is 12.8 Å². The molecular formula is C12H22N6O8. The molecule has 0 amide bonds. The quantitative estimate of drug-likeness (QED) is 0.210. The molecule has 0 aliphatic heterocycles. The molecule has 0 N–H and O–H groups in total. The van der Waals surface area contributed by atoms with Crippen molar-refractivity contribution in [1.82, 2.24) is 15.0 Å². The maximum atomic E-state index is 11.3. The van der Waals surface area contributed by atoms with E-state index in [4.69, 9.17) is 0 Å². The van der Waals surface area contributed by atoms with Gasteiger partial charge in [-0.3, -0.25) is 4.79 Å². The minimum atomic E-state index is -0.854. The smallest absolute Gasteiger partial charge is 0.304 e. The molecule has 14 heteroatoms. The number of esters is 1. The van der Waals surface area contributed by atoms with Gasteiger partial charge in [0.15, 0.2) is 15.1 Å². The van der Waals surface area contributed by atoms with Crippen molar-refractivity contribution in [1.29, 1.82) is 0 Å². The van der Waals surface area contributed by atoms with E-state index in [-0.39, 0.29) is 0 Å². The van der Waals surface area contributed by atoms with Gasteiger partial charge in [-0.1, -0.05) is 24.3 Å². The highest BCUT2D eigenvalue weighted by atomic mass is 16.7. The molecular weight excluding hydrogens is 356 g/mol. The highest BCUT2D eigenvalue weighted by Gasteiger charge is 2.33. The molecule has 0 atom stereocenters. The number of nitro groups is 3. The number of carbonyl (C=O) groups is 1. The lowest BCUT2D eigenvalue weighted by atomic mass is 9.95. The van der Waals surface area contributed by atoms with Crippen LogP contribution in [0, 0.1) is 30.3 Å². The number of hydrogen-bond donors (Lipinski definition) is 0. The molecule has 0 saturated heterocycles. The molecule has 148 valence electrons. The Kier molecular flexibility index (Phi) is 8.24. The van der Waals surface area contributed by atoms with Gasteiger partial charge in [-0.25, -0.2) is 30.3 Å². The maximum absolute atomic E-state index is 11.3. The summed E-state index contributed by atoms with van der Waals surface area (Å²) in [7, 11) is 0. The summed E-state index contributed by atoms with van der Waals surface area (Å²) in [6.45, 7) is -1.09. The zero-order valence-corrected chi connectivity index (χ0v) is 14.4. The number of ether oxygens (including phenoxy) is 1. The Bertz CT molecular complexity index is 526. The van der Waals surface area contributed by atoms with E-state index in [2.05, 4.69) is 4.74 Å². The molecule has 26 heavy (non-hydrogen) atoms. The third-order valence-corrected chi connectivity index (χ3v) is 4.01. The first-order chi connectivity index (χ1) is 12.2. The number of nitrogens with zero attached hydrogens (tertiary/aromatic N) is 6. The van der Waals surface area contributed by atoms with Gasteiger partial charge in [0.25, 0.3) is 0 Å². The summed E-state index contributed by atoms with van der Waals surface area (Å²) in [6.07, 6.45) is 3.73. The molecule has 1 rings (SSSR count). The zero-order valence-electron chi connectivity index (χ0n) is 14.4. The highest BCUT2D eigenvalue weighted by Crippen LogP contribution is 2.22. The monoisotopic (exact) mass is 378 g/mol. The van der Waals surface area contributed by atoms with Crippen LogP contribution in [-0.4, -0.2) is 68.6 Å². The zero-order chi connectivity index (χ0) is 19.7. The second-order valence-electron chi connectivity index (χ2n) is 5.81. The fourth-order valence-corrected chi connectivity index (χ4v) is 2.64. The van der Waals surface area contributed by atoms with Crippen LogP contribution in [-0.2, 0) is 9.53 Å². The van der Waals surface area contributed by atoms with Crippen molar-refractivity contribution in [3.63, 3.8) is 0 Å². The van der Waals surface area contributed by atoms with Crippen molar-refractivity contribution in [2.75, 3.05) is 26.5 Å². The molecule has 0 radical (unpaired) electrons. The summed E-state index contributed by atoms with van der Waals surface area (Å²) in [5, 5.41) is 32.9. The Labute approximate surface area is 148 Å². The molecule has 1 saturated carbocycles. The van der Waals surface area contributed by atoms with Crippen LogP contribution in [0.15, 0.2) is 0 Å². The lowest BCUT2D eigenvalue weighted by molar-refractivity contribution is -0.720. The van der Waals surface area contributed by atoms with Gasteiger partial charge < -0.3 is 4.74 Å². The van der Waals surface area contributed by atoms with Crippen LogP contribution in [0.1, 0.15) is 39.0 Å². The van der Waals surface area contributed by atoms with E-state index in [0.29, 0.717) is 22.9 Å². The molecule has 0 spiro atoms. The van der Waals surface area contributed by atoms with E-state index in [9.17, 15) is 35.1 Å². The molecule has 0 bridgehead atoms. The first-order valence-corrected chi connectivity index (χ1v) is 8.05. The second kappa shape index (κ2) is 10.1. The van der Waals surface area contributed by atoms with E-state index in [1.54, 1.807) is 0 Å². The van der Waals surface area contributed by atoms with Crippen LogP contribution in [0.4, 0.5) is 0 Å². The lowest BCUT2D eigenvalue weighted by Crippen LogP contribution is -2.51. The minimum Gasteiger partial charge on any atom is -0.439 e. The topological polar surface area (TPSA) is 165 Å². The first-order valence-electron chi connectivity index (χ1n) is 8.05. The highest BCUT2D eigenvalue weighted by molar-refractivity contribution is 5.65. The van der Waals surface area contributed by atoms with Crippen molar-refractivity contribution >= 4 is 5.97 Å². The van der Waals surface area contributed by atoms with E-state index in [1.165, 1.54) is 0 Å². The fraction of sp³-hybridized carbons (Fsp3) is 0.917. The predicted molar refractivity (Wildman–Crippen MR) is 84.6 cm³/mol. The van der Waals surface area contributed by atoms with Crippen LogP contribution in [0.2, 0.25) is 0 Å². The Morgan fingerprint density at radius 1 is 0.962 bits per heavy atom. The van der Waals surface area contributed by atoms with Crippen LogP contribution < -0.4 is 0 Å². The molecule has 0 aromatic heterocycles. The molecule has 14 nitrogen and oxygen atoms in total. The summed E-state index contributed by atoms with van der Waals surface area (Å²) in [5.74, 6) is -0.736. The van der Waals surface area contributed by atoms with Gasteiger partial charge in [0.05, 0.1) is 6.04 Å². The Morgan fingerprint density at radius 3 is 1.96 bits per heavy atom. The van der Waals surface area contributed by atoms with Gasteiger partial charge in [-0.2, -0.15) is 0 Å². The van der Waals surface area contributed by atoms with Crippen LogP contribution in [0.5, 0.6) is 0 Å². The van der Waals surface area contributed by atoms with Crippen molar-refractivity contribution in [2.45, 2.75) is 45.1 Å². The average molecular weight is 378 g/mol. The van der Waals surface area contributed by atoms with Crippen molar-refractivity contribution < 1.29 is 24.6 Å². The number of carbonyl (C=O) groups excluding carboxylic acids is 1. The van der Waals surface area contributed by atoms with Gasteiger partial charge >= 0.3 is 5.97 Å². The van der Waals surface area contributed by atoms with Crippen molar-refractivity contribution in [2.24, 2.45) is 0 Å². The molecule has 1 aliphatic rings.